The van der Waals surface area contributed by atoms with Gasteiger partial charge in [0.15, 0.2) is 0 Å². The van der Waals surface area contributed by atoms with Gasteiger partial charge in [0.05, 0.1) is 24.1 Å². The standard InChI is InChI=1S/C11H10ClNO2/c1-7-3-8(5-11(14)15-2)9(6-13)10(12)4-7/h3-4H,5H2,1-2H3. The van der Waals surface area contributed by atoms with Gasteiger partial charge in [-0.1, -0.05) is 17.7 Å². The molecule has 0 aliphatic carbocycles. The maximum atomic E-state index is 11.1. The smallest absolute Gasteiger partial charge is 0.310 e. The topological polar surface area (TPSA) is 50.1 Å². The highest BCUT2D eigenvalue weighted by molar-refractivity contribution is 6.31. The van der Waals surface area contributed by atoms with Crippen molar-refractivity contribution in [3.05, 3.63) is 33.8 Å². The zero-order valence-corrected chi connectivity index (χ0v) is 9.26. The van der Waals surface area contributed by atoms with E-state index >= 15 is 0 Å². The summed E-state index contributed by atoms with van der Waals surface area (Å²) in [5.41, 5.74) is 1.86. The van der Waals surface area contributed by atoms with E-state index in [0.717, 1.165) is 5.56 Å². The summed E-state index contributed by atoms with van der Waals surface area (Å²) in [5.74, 6) is -0.381. The van der Waals surface area contributed by atoms with Gasteiger partial charge in [0.2, 0.25) is 0 Å². The van der Waals surface area contributed by atoms with Crippen molar-refractivity contribution in [3.63, 3.8) is 0 Å². The fraction of sp³-hybridized carbons (Fsp3) is 0.273. The molecule has 0 unspecified atom stereocenters. The third-order valence-electron chi connectivity index (χ3n) is 1.99. The molecule has 0 aliphatic heterocycles. The Balaban J connectivity index is 3.16. The van der Waals surface area contributed by atoms with E-state index in [0.29, 0.717) is 16.1 Å². The lowest BCUT2D eigenvalue weighted by Crippen LogP contribution is -2.06. The summed E-state index contributed by atoms with van der Waals surface area (Å²) in [4.78, 5) is 11.1. The molecule has 0 bridgehead atoms. The van der Waals surface area contributed by atoms with Gasteiger partial charge in [0, 0.05) is 0 Å². The Morgan fingerprint density at radius 1 is 1.60 bits per heavy atom. The summed E-state index contributed by atoms with van der Waals surface area (Å²) in [6.07, 6.45) is 0.0702. The van der Waals surface area contributed by atoms with Crippen molar-refractivity contribution in [1.82, 2.24) is 0 Å². The van der Waals surface area contributed by atoms with Gasteiger partial charge in [0.25, 0.3) is 0 Å². The Morgan fingerprint density at radius 3 is 2.80 bits per heavy atom. The van der Waals surface area contributed by atoms with Crippen LogP contribution in [0.2, 0.25) is 5.02 Å². The summed E-state index contributed by atoms with van der Waals surface area (Å²) in [6.45, 7) is 1.85. The van der Waals surface area contributed by atoms with Gasteiger partial charge in [-0.3, -0.25) is 4.79 Å². The lowest BCUT2D eigenvalue weighted by atomic mass is 10.0. The number of methoxy groups -OCH3 is 1. The highest BCUT2D eigenvalue weighted by Gasteiger charge is 2.11. The number of halogens is 1. The van der Waals surface area contributed by atoms with E-state index in [1.54, 1.807) is 12.1 Å². The number of rotatable bonds is 2. The molecule has 0 heterocycles. The average Bonchev–Trinajstić information content (AvgIpc) is 2.17. The number of carbonyl (C=O) groups is 1. The number of ether oxygens (including phenoxy) is 1. The largest absolute Gasteiger partial charge is 0.469 e. The highest BCUT2D eigenvalue weighted by Crippen LogP contribution is 2.22. The number of nitrogens with zero attached hydrogens (tertiary/aromatic N) is 1. The van der Waals surface area contributed by atoms with Crippen molar-refractivity contribution in [2.75, 3.05) is 7.11 Å². The molecule has 0 fully saturated rings. The van der Waals surface area contributed by atoms with Crippen molar-refractivity contribution < 1.29 is 9.53 Å². The molecule has 0 atom stereocenters. The van der Waals surface area contributed by atoms with E-state index < -0.39 is 0 Å². The molecule has 1 rings (SSSR count). The molecule has 0 saturated heterocycles. The van der Waals surface area contributed by atoms with Crippen LogP contribution >= 0.6 is 11.6 Å². The molecule has 1 aromatic carbocycles. The minimum atomic E-state index is -0.381. The lowest BCUT2D eigenvalue weighted by Gasteiger charge is -2.06. The number of hydrogen-bond acceptors (Lipinski definition) is 3. The zero-order chi connectivity index (χ0) is 11.4. The van der Waals surface area contributed by atoms with Crippen LogP contribution in [0.1, 0.15) is 16.7 Å². The lowest BCUT2D eigenvalue weighted by molar-refractivity contribution is -0.139. The SMILES string of the molecule is COC(=O)Cc1cc(C)cc(Cl)c1C#N. The van der Waals surface area contributed by atoms with Crippen LogP contribution in [0.25, 0.3) is 0 Å². The summed E-state index contributed by atoms with van der Waals surface area (Å²) < 4.78 is 4.54. The fourth-order valence-corrected chi connectivity index (χ4v) is 1.64. The molecule has 1 aromatic rings. The maximum absolute atomic E-state index is 11.1. The molecule has 0 saturated carbocycles. The van der Waals surface area contributed by atoms with Crippen molar-refractivity contribution in [2.24, 2.45) is 0 Å². The van der Waals surface area contributed by atoms with Crippen molar-refractivity contribution >= 4 is 17.6 Å². The molecule has 4 heteroatoms. The summed E-state index contributed by atoms with van der Waals surface area (Å²) in [5, 5.41) is 9.26. The van der Waals surface area contributed by atoms with E-state index in [9.17, 15) is 4.79 Å². The predicted octanol–water partition coefficient (Wildman–Crippen LogP) is 2.24. The van der Waals surface area contributed by atoms with E-state index in [2.05, 4.69) is 4.74 Å². The molecule has 3 nitrogen and oxygen atoms in total. The Morgan fingerprint density at radius 2 is 2.27 bits per heavy atom. The first kappa shape index (κ1) is 11.5. The summed E-state index contributed by atoms with van der Waals surface area (Å²) in [6, 6.07) is 5.44. The van der Waals surface area contributed by atoms with E-state index in [4.69, 9.17) is 16.9 Å². The molecule has 0 aliphatic rings. The molecule has 15 heavy (non-hydrogen) atoms. The number of nitriles is 1. The van der Waals surface area contributed by atoms with Gasteiger partial charge in [-0.15, -0.1) is 0 Å². The Kier molecular flexibility index (Phi) is 3.70. The minimum absolute atomic E-state index is 0.0702. The predicted molar refractivity (Wildman–Crippen MR) is 56.6 cm³/mol. The van der Waals surface area contributed by atoms with Crippen LogP contribution in [0, 0.1) is 18.3 Å². The summed E-state index contributed by atoms with van der Waals surface area (Å²) >= 11 is 5.89. The van der Waals surface area contributed by atoms with Gasteiger partial charge in [-0.2, -0.15) is 5.26 Å². The number of carbonyl (C=O) groups excluding carboxylic acids is 1. The molecular weight excluding hydrogens is 214 g/mol. The second-order valence-electron chi connectivity index (χ2n) is 3.15. The Labute approximate surface area is 93.2 Å². The van der Waals surface area contributed by atoms with E-state index in [1.807, 2.05) is 13.0 Å². The number of aryl methyl sites for hydroxylation is 1. The number of esters is 1. The van der Waals surface area contributed by atoms with Crippen LogP contribution in [0.5, 0.6) is 0 Å². The van der Waals surface area contributed by atoms with Gasteiger partial charge in [0.1, 0.15) is 6.07 Å². The van der Waals surface area contributed by atoms with Crippen LogP contribution in [-0.2, 0) is 16.0 Å². The third-order valence-corrected chi connectivity index (χ3v) is 2.29. The second-order valence-corrected chi connectivity index (χ2v) is 3.55. The Bertz CT molecular complexity index is 435. The molecule has 0 N–H and O–H groups in total. The zero-order valence-electron chi connectivity index (χ0n) is 8.50. The summed E-state index contributed by atoms with van der Waals surface area (Å²) in [7, 11) is 1.31. The van der Waals surface area contributed by atoms with Gasteiger partial charge >= 0.3 is 5.97 Å². The molecule has 0 radical (unpaired) electrons. The van der Waals surface area contributed by atoms with Gasteiger partial charge < -0.3 is 4.74 Å². The number of hydrogen-bond donors (Lipinski definition) is 0. The molecular formula is C11H10ClNO2. The van der Waals surface area contributed by atoms with E-state index in [-0.39, 0.29) is 12.4 Å². The Hall–Kier alpha value is -1.53. The maximum Gasteiger partial charge on any atom is 0.310 e. The van der Waals surface area contributed by atoms with Crippen molar-refractivity contribution in [1.29, 1.82) is 5.26 Å². The minimum Gasteiger partial charge on any atom is -0.469 e. The normalized spacial score (nSPS) is 9.47. The molecule has 0 aromatic heterocycles. The fourth-order valence-electron chi connectivity index (χ4n) is 1.31. The van der Waals surface area contributed by atoms with Gasteiger partial charge in [-0.25, -0.2) is 0 Å². The van der Waals surface area contributed by atoms with Crippen LogP contribution in [-0.4, -0.2) is 13.1 Å². The monoisotopic (exact) mass is 223 g/mol. The van der Waals surface area contributed by atoms with E-state index in [1.165, 1.54) is 7.11 Å². The third kappa shape index (κ3) is 2.71. The van der Waals surface area contributed by atoms with Crippen molar-refractivity contribution in [3.8, 4) is 6.07 Å². The average molecular weight is 224 g/mol. The van der Waals surface area contributed by atoms with Crippen LogP contribution < -0.4 is 0 Å². The highest BCUT2D eigenvalue weighted by atomic mass is 35.5. The molecule has 0 amide bonds. The van der Waals surface area contributed by atoms with Gasteiger partial charge in [-0.05, 0) is 24.1 Å². The van der Waals surface area contributed by atoms with Crippen LogP contribution in [0.4, 0.5) is 0 Å². The molecule has 0 spiro atoms. The first-order chi connectivity index (χ1) is 7.08. The van der Waals surface area contributed by atoms with Crippen molar-refractivity contribution in [2.45, 2.75) is 13.3 Å². The molecule has 78 valence electrons. The first-order valence-electron chi connectivity index (χ1n) is 4.34. The first-order valence-corrected chi connectivity index (χ1v) is 4.72. The second kappa shape index (κ2) is 4.81. The van der Waals surface area contributed by atoms with Crippen LogP contribution in [0.15, 0.2) is 12.1 Å². The van der Waals surface area contributed by atoms with Crippen LogP contribution in [0.3, 0.4) is 0 Å². The quantitative estimate of drug-likeness (QED) is 0.723. The number of benzene rings is 1.